The van der Waals surface area contributed by atoms with Gasteiger partial charge in [-0.05, 0) is 30.0 Å². The van der Waals surface area contributed by atoms with Crippen molar-refractivity contribution in [2.45, 2.75) is 31.8 Å². The summed E-state index contributed by atoms with van der Waals surface area (Å²) >= 11 is 0. The molecule has 1 aromatic carbocycles. The van der Waals surface area contributed by atoms with Gasteiger partial charge in [-0.2, -0.15) is 0 Å². The molecule has 0 heterocycles. The molecule has 1 N–H and O–H groups in total. The van der Waals surface area contributed by atoms with Crippen LogP contribution in [-0.2, 0) is 4.74 Å². The molecule has 2 rings (SSSR count). The minimum Gasteiger partial charge on any atom is -0.497 e. The lowest BCUT2D eigenvalue weighted by Gasteiger charge is -2.25. The summed E-state index contributed by atoms with van der Waals surface area (Å²) in [6, 6.07) is 7.49. The zero-order valence-corrected chi connectivity index (χ0v) is 11.0. The highest BCUT2D eigenvalue weighted by Crippen LogP contribution is 2.29. The first-order valence-electron chi connectivity index (χ1n) is 6.69. The first-order valence-corrected chi connectivity index (χ1v) is 6.69. The van der Waals surface area contributed by atoms with Crippen LogP contribution in [0.15, 0.2) is 24.3 Å². The third kappa shape index (κ3) is 3.72. The van der Waals surface area contributed by atoms with Crippen molar-refractivity contribution in [1.29, 1.82) is 0 Å². The Morgan fingerprint density at radius 2 is 2.22 bits per heavy atom. The van der Waals surface area contributed by atoms with Gasteiger partial charge in [-0.1, -0.05) is 31.4 Å². The fourth-order valence-corrected chi connectivity index (χ4v) is 2.17. The molecule has 1 aliphatic carbocycles. The average molecular weight is 250 g/mol. The molecular formula is C15H22O3. The fraction of sp³-hybridized carbons (Fsp3) is 0.600. The van der Waals surface area contributed by atoms with E-state index in [9.17, 15) is 5.11 Å². The van der Waals surface area contributed by atoms with E-state index in [0.29, 0.717) is 6.61 Å². The molecule has 0 radical (unpaired) electrons. The normalized spacial score (nSPS) is 17.2. The minimum absolute atomic E-state index is 0.361. The maximum Gasteiger partial charge on any atom is 0.119 e. The van der Waals surface area contributed by atoms with Crippen LogP contribution in [-0.4, -0.2) is 25.4 Å². The van der Waals surface area contributed by atoms with E-state index < -0.39 is 6.10 Å². The van der Waals surface area contributed by atoms with Crippen LogP contribution < -0.4 is 4.74 Å². The van der Waals surface area contributed by atoms with Crippen LogP contribution in [0.25, 0.3) is 0 Å². The van der Waals surface area contributed by atoms with Crippen molar-refractivity contribution in [3.63, 3.8) is 0 Å². The quantitative estimate of drug-likeness (QED) is 0.756. The zero-order chi connectivity index (χ0) is 12.8. The smallest absolute Gasteiger partial charge is 0.119 e. The maximum absolute atomic E-state index is 10.00. The number of rotatable bonds is 7. The largest absolute Gasteiger partial charge is 0.497 e. The number of benzene rings is 1. The third-order valence-corrected chi connectivity index (χ3v) is 3.65. The van der Waals surface area contributed by atoms with Gasteiger partial charge in [-0.15, -0.1) is 0 Å². The summed E-state index contributed by atoms with van der Waals surface area (Å²) in [4.78, 5) is 0. The van der Waals surface area contributed by atoms with E-state index in [1.807, 2.05) is 24.3 Å². The number of methoxy groups -OCH3 is 1. The Hall–Kier alpha value is -1.06. The van der Waals surface area contributed by atoms with Crippen molar-refractivity contribution >= 4 is 0 Å². The van der Waals surface area contributed by atoms with E-state index in [2.05, 4.69) is 0 Å². The minimum atomic E-state index is -0.568. The monoisotopic (exact) mass is 250 g/mol. The van der Waals surface area contributed by atoms with Gasteiger partial charge in [0.05, 0.1) is 13.7 Å². The highest BCUT2D eigenvalue weighted by molar-refractivity contribution is 5.29. The van der Waals surface area contributed by atoms with Crippen LogP contribution in [0.2, 0.25) is 0 Å². The number of hydrogen-bond donors (Lipinski definition) is 1. The topological polar surface area (TPSA) is 38.7 Å². The highest BCUT2D eigenvalue weighted by Gasteiger charge is 2.17. The Kier molecular flexibility index (Phi) is 5.02. The summed E-state index contributed by atoms with van der Waals surface area (Å²) in [5.74, 6) is 1.62. The summed E-state index contributed by atoms with van der Waals surface area (Å²) < 4.78 is 10.7. The van der Waals surface area contributed by atoms with Crippen LogP contribution in [0.4, 0.5) is 0 Å². The molecule has 0 aromatic heterocycles. The van der Waals surface area contributed by atoms with Crippen LogP contribution in [0.1, 0.15) is 37.4 Å². The first-order chi connectivity index (χ1) is 8.79. The van der Waals surface area contributed by atoms with Crippen molar-refractivity contribution in [3.8, 4) is 5.75 Å². The molecule has 1 aromatic rings. The van der Waals surface area contributed by atoms with Crippen molar-refractivity contribution in [2.75, 3.05) is 20.3 Å². The molecule has 1 fully saturated rings. The lowest BCUT2D eigenvalue weighted by atomic mass is 9.83. The van der Waals surface area contributed by atoms with Crippen LogP contribution >= 0.6 is 0 Å². The molecule has 0 spiro atoms. The summed E-state index contributed by atoms with van der Waals surface area (Å²) in [5, 5.41) is 10.00. The zero-order valence-electron chi connectivity index (χ0n) is 11.0. The van der Waals surface area contributed by atoms with Crippen LogP contribution in [0.5, 0.6) is 5.75 Å². The van der Waals surface area contributed by atoms with E-state index in [0.717, 1.165) is 30.3 Å². The van der Waals surface area contributed by atoms with E-state index in [-0.39, 0.29) is 0 Å². The van der Waals surface area contributed by atoms with Crippen LogP contribution in [0.3, 0.4) is 0 Å². The molecule has 3 heteroatoms. The fourth-order valence-electron chi connectivity index (χ4n) is 2.17. The Bertz CT molecular complexity index is 361. The van der Waals surface area contributed by atoms with Crippen LogP contribution in [0, 0.1) is 5.92 Å². The van der Waals surface area contributed by atoms with Gasteiger partial charge >= 0.3 is 0 Å². The van der Waals surface area contributed by atoms with Gasteiger partial charge in [0, 0.05) is 6.61 Å². The molecule has 0 amide bonds. The SMILES string of the molecule is COc1cccc(C(O)COCCC2CCC2)c1. The van der Waals surface area contributed by atoms with Gasteiger partial charge < -0.3 is 14.6 Å². The molecule has 1 atom stereocenters. The van der Waals surface area contributed by atoms with Crippen molar-refractivity contribution in [1.82, 2.24) is 0 Å². The molecule has 0 aliphatic heterocycles. The van der Waals surface area contributed by atoms with Gasteiger partial charge in [0.15, 0.2) is 0 Å². The molecule has 100 valence electrons. The van der Waals surface area contributed by atoms with E-state index >= 15 is 0 Å². The molecule has 0 saturated heterocycles. The van der Waals surface area contributed by atoms with Crippen molar-refractivity contribution in [3.05, 3.63) is 29.8 Å². The van der Waals surface area contributed by atoms with Gasteiger partial charge in [-0.25, -0.2) is 0 Å². The van der Waals surface area contributed by atoms with Gasteiger partial charge in [0.2, 0.25) is 0 Å². The summed E-state index contributed by atoms with van der Waals surface area (Å²) in [5.41, 5.74) is 0.845. The van der Waals surface area contributed by atoms with Gasteiger partial charge in [0.25, 0.3) is 0 Å². The molecule has 3 nitrogen and oxygen atoms in total. The van der Waals surface area contributed by atoms with Crippen molar-refractivity contribution in [2.24, 2.45) is 5.92 Å². The van der Waals surface area contributed by atoms with Crippen molar-refractivity contribution < 1.29 is 14.6 Å². The summed E-state index contributed by atoms with van der Waals surface area (Å²) in [7, 11) is 1.63. The van der Waals surface area contributed by atoms with E-state index in [4.69, 9.17) is 9.47 Å². The van der Waals surface area contributed by atoms with E-state index in [1.165, 1.54) is 19.3 Å². The second-order valence-corrected chi connectivity index (χ2v) is 4.95. The summed E-state index contributed by atoms with van der Waals surface area (Å²) in [6.07, 6.45) is 4.63. The second-order valence-electron chi connectivity index (χ2n) is 4.95. The molecule has 1 saturated carbocycles. The molecular weight excluding hydrogens is 228 g/mol. The Morgan fingerprint density at radius 3 is 2.89 bits per heavy atom. The Balaban J connectivity index is 1.70. The summed E-state index contributed by atoms with van der Waals surface area (Å²) in [6.45, 7) is 1.12. The molecule has 0 bridgehead atoms. The lowest BCUT2D eigenvalue weighted by molar-refractivity contribution is 0.0265. The lowest BCUT2D eigenvalue weighted by Crippen LogP contribution is -2.15. The number of aliphatic hydroxyl groups is 1. The first kappa shape index (κ1) is 13.4. The highest BCUT2D eigenvalue weighted by atomic mass is 16.5. The molecule has 1 aliphatic rings. The number of aliphatic hydroxyl groups excluding tert-OH is 1. The average Bonchev–Trinajstić information content (AvgIpc) is 2.36. The predicted molar refractivity (Wildman–Crippen MR) is 70.7 cm³/mol. The third-order valence-electron chi connectivity index (χ3n) is 3.65. The maximum atomic E-state index is 10.00. The second kappa shape index (κ2) is 6.76. The molecule has 1 unspecified atom stereocenters. The predicted octanol–water partition coefficient (Wildman–Crippen LogP) is 2.94. The Labute approximate surface area is 109 Å². The Morgan fingerprint density at radius 1 is 1.39 bits per heavy atom. The molecule has 18 heavy (non-hydrogen) atoms. The van der Waals surface area contributed by atoms with E-state index in [1.54, 1.807) is 7.11 Å². The van der Waals surface area contributed by atoms with Gasteiger partial charge in [0.1, 0.15) is 11.9 Å². The number of ether oxygens (including phenoxy) is 2. The number of hydrogen-bond acceptors (Lipinski definition) is 3. The standard InChI is InChI=1S/C15H22O3/c1-17-14-7-3-6-13(10-14)15(16)11-18-9-8-12-4-2-5-12/h3,6-7,10,12,15-16H,2,4-5,8-9,11H2,1H3. The van der Waals surface area contributed by atoms with Gasteiger partial charge in [-0.3, -0.25) is 0 Å².